The number of rotatable bonds is 6. The van der Waals surface area contributed by atoms with Crippen molar-refractivity contribution in [2.75, 3.05) is 10.6 Å². The molecule has 7 heteroatoms. The van der Waals surface area contributed by atoms with Crippen molar-refractivity contribution in [3.05, 3.63) is 94.5 Å². The monoisotopic (exact) mass is 481 g/mol. The zero-order valence-electron chi connectivity index (χ0n) is 16.0. The molecule has 0 fully saturated rings. The SMILES string of the molecule is O=C(CCc1ccccc1)Nc1cccc(NC(=S)NC(=O)c2ccc(Br)cc2)c1. The molecule has 3 rings (SSSR count). The number of anilines is 2. The lowest BCUT2D eigenvalue weighted by Gasteiger charge is -2.11. The van der Waals surface area contributed by atoms with Crippen LogP contribution in [0.25, 0.3) is 0 Å². The molecule has 0 atom stereocenters. The summed E-state index contributed by atoms with van der Waals surface area (Å²) in [5, 5.41) is 8.67. The molecule has 0 aliphatic rings. The molecule has 0 saturated carbocycles. The first-order valence-electron chi connectivity index (χ1n) is 9.31. The molecule has 0 saturated heterocycles. The summed E-state index contributed by atoms with van der Waals surface area (Å²) in [5.41, 5.74) is 2.94. The summed E-state index contributed by atoms with van der Waals surface area (Å²) in [5.74, 6) is -0.368. The summed E-state index contributed by atoms with van der Waals surface area (Å²) in [6.45, 7) is 0. The minimum Gasteiger partial charge on any atom is -0.332 e. The van der Waals surface area contributed by atoms with Crippen LogP contribution in [0.4, 0.5) is 11.4 Å². The second-order valence-electron chi connectivity index (χ2n) is 6.53. The van der Waals surface area contributed by atoms with Crippen LogP contribution in [-0.2, 0) is 11.2 Å². The highest BCUT2D eigenvalue weighted by atomic mass is 79.9. The summed E-state index contributed by atoms with van der Waals surface area (Å²) in [4.78, 5) is 24.5. The molecule has 2 amide bonds. The molecule has 0 aliphatic heterocycles. The Bertz CT molecular complexity index is 1040. The normalized spacial score (nSPS) is 10.2. The Morgan fingerprint density at radius 3 is 2.20 bits per heavy atom. The Morgan fingerprint density at radius 2 is 1.50 bits per heavy atom. The van der Waals surface area contributed by atoms with E-state index in [-0.39, 0.29) is 16.9 Å². The standard InChI is InChI=1S/C23H20BrN3O2S/c24-18-12-10-17(11-13-18)22(29)27-23(30)26-20-8-4-7-19(15-20)25-21(28)14-9-16-5-2-1-3-6-16/h1-8,10-13,15H,9,14H2,(H,25,28)(H2,26,27,29,30). The Morgan fingerprint density at radius 1 is 0.833 bits per heavy atom. The van der Waals surface area contributed by atoms with Gasteiger partial charge in [-0.05, 0) is 66.7 Å². The molecule has 0 unspecified atom stereocenters. The van der Waals surface area contributed by atoms with Gasteiger partial charge in [-0.25, -0.2) is 0 Å². The lowest BCUT2D eigenvalue weighted by molar-refractivity contribution is -0.116. The van der Waals surface area contributed by atoms with E-state index in [4.69, 9.17) is 12.2 Å². The lowest BCUT2D eigenvalue weighted by atomic mass is 10.1. The number of hydrogen-bond acceptors (Lipinski definition) is 3. The number of benzene rings is 3. The average molecular weight is 482 g/mol. The number of carbonyl (C=O) groups excluding carboxylic acids is 2. The van der Waals surface area contributed by atoms with Gasteiger partial charge in [-0.2, -0.15) is 0 Å². The topological polar surface area (TPSA) is 70.2 Å². The summed E-state index contributed by atoms with van der Waals surface area (Å²) >= 11 is 8.56. The van der Waals surface area contributed by atoms with Crippen molar-refractivity contribution < 1.29 is 9.59 Å². The van der Waals surface area contributed by atoms with E-state index >= 15 is 0 Å². The van der Waals surface area contributed by atoms with Gasteiger partial charge in [-0.3, -0.25) is 14.9 Å². The maximum absolute atomic E-state index is 12.2. The number of aryl methyl sites for hydroxylation is 1. The molecule has 5 nitrogen and oxygen atoms in total. The highest BCUT2D eigenvalue weighted by Crippen LogP contribution is 2.16. The third-order valence-corrected chi connectivity index (χ3v) is 4.95. The number of thiocarbonyl (C=S) groups is 1. The highest BCUT2D eigenvalue weighted by Gasteiger charge is 2.09. The van der Waals surface area contributed by atoms with Crippen molar-refractivity contribution in [2.45, 2.75) is 12.8 Å². The zero-order valence-corrected chi connectivity index (χ0v) is 18.4. The molecule has 3 N–H and O–H groups in total. The van der Waals surface area contributed by atoms with E-state index in [1.54, 1.807) is 48.5 Å². The van der Waals surface area contributed by atoms with Crippen LogP contribution in [-0.4, -0.2) is 16.9 Å². The largest absolute Gasteiger partial charge is 0.332 e. The first-order chi connectivity index (χ1) is 14.5. The number of hydrogen-bond donors (Lipinski definition) is 3. The van der Waals surface area contributed by atoms with Gasteiger partial charge in [0.1, 0.15) is 0 Å². The smallest absolute Gasteiger partial charge is 0.257 e. The van der Waals surface area contributed by atoms with Crippen LogP contribution in [0, 0.1) is 0 Å². The van der Waals surface area contributed by atoms with E-state index in [1.807, 2.05) is 30.3 Å². The Kier molecular flexibility index (Phi) is 7.70. The Balaban J connectivity index is 1.51. The Hall–Kier alpha value is -3.03. The van der Waals surface area contributed by atoms with E-state index < -0.39 is 0 Å². The van der Waals surface area contributed by atoms with Crippen molar-refractivity contribution >= 4 is 56.4 Å². The number of carbonyl (C=O) groups is 2. The van der Waals surface area contributed by atoms with Crippen molar-refractivity contribution in [1.82, 2.24) is 5.32 Å². The third-order valence-electron chi connectivity index (χ3n) is 4.22. The molecule has 0 bridgehead atoms. The average Bonchev–Trinajstić information content (AvgIpc) is 2.73. The van der Waals surface area contributed by atoms with E-state index in [1.165, 1.54) is 0 Å². The molecule has 0 spiro atoms. The van der Waals surface area contributed by atoms with Crippen LogP contribution in [0.5, 0.6) is 0 Å². The minimum absolute atomic E-state index is 0.0675. The van der Waals surface area contributed by atoms with Gasteiger partial charge in [-0.1, -0.05) is 52.3 Å². The fourth-order valence-corrected chi connectivity index (χ4v) is 3.21. The molecule has 152 valence electrons. The van der Waals surface area contributed by atoms with Crippen molar-refractivity contribution in [2.24, 2.45) is 0 Å². The molecule has 30 heavy (non-hydrogen) atoms. The quantitative estimate of drug-likeness (QED) is 0.426. The van der Waals surface area contributed by atoms with Crippen molar-refractivity contribution in [3.8, 4) is 0 Å². The van der Waals surface area contributed by atoms with E-state index in [2.05, 4.69) is 31.9 Å². The molecule has 0 aliphatic carbocycles. The van der Waals surface area contributed by atoms with E-state index in [0.29, 0.717) is 29.8 Å². The van der Waals surface area contributed by atoms with Crippen molar-refractivity contribution in [1.29, 1.82) is 0 Å². The van der Waals surface area contributed by atoms with Crippen LogP contribution in [0.1, 0.15) is 22.3 Å². The molecule has 0 heterocycles. The van der Waals surface area contributed by atoms with Crippen LogP contribution in [0.15, 0.2) is 83.3 Å². The molecule has 3 aromatic rings. The van der Waals surface area contributed by atoms with Crippen LogP contribution in [0.3, 0.4) is 0 Å². The molecule has 3 aromatic carbocycles. The lowest BCUT2D eigenvalue weighted by Crippen LogP contribution is -2.34. The van der Waals surface area contributed by atoms with E-state index in [0.717, 1.165) is 10.0 Å². The van der Waals surface area contributed by atoms with Gasteiger partial charge in [0.2, 0.25) is 5.91 Å². The third kappa shape index (κ3) is 6.79. The molecular weight excluding hydrogens is 462 g/mol. The van der Waals surface area contributed by atoms with Crippen LogP contribution >= 0.6 is 28.1 Å². The summed E-state index contributed by atoms with van der Waals surface area (Å²) in [6.07, 6.45) is 1.07. The van der Waals surface area contributed by atoms with E-state index in [9.17, 15) is 9.59 Å². The number of halogens is 1. The van der Waals surface area contributed by atoms with Gasteiger partial charge >= 0.3 is 0 Å². The van der Waals surface area contributed by atoms with Crippen LogP contribution in [0.2, 0.25) is 0 Å². The summed E-state index contributed by atoms with van der Waals surface area (Å²) in [6, 6.07) is 24.0. The zero-order chi connectivity index (χ0) is 21.3. The first-order valence-corrected chi connectivity index (χ1v) is 10.5. The molecule has 0 radical (unpaired) electrons. The first kappa shape index (κ1) is 21.7. The Labute approximate surface area is 189 Å². The summed E-state index contributed by atoms with van der Waals surface area (Å²) < 4.78 is 0.891. The van der Waals surface area contributed by atoms with Gasteiger partial charge in [0.25, 0.3) is 5.91 Å². The fraction of sp³-hybridized carbons (Fsp3) is 0.0870. The maximum atomic E-state index is 12.2. The number of nitrogens with one attached hydrogen (secondary N) is 3. The van der Waals surface area contributed by atoms with Gasteiger partial charge < -0.3 is 10.6 Å². The van der Waals surface area contributed by atoms with Crippen molar-refractivity contribution in [3.63, 3.8) is 0 Å². The number of amides is 2. The molecular formula is C23H20BrN3O2S. The minimum atomic E-state index is -0.301. The fourth-order valence-electron chi connectivity index (χ4n) is 2.74. The highest BCUT2D eigenvalue weighted by molar-refractivity contribution is 9.10. The van der Waals surface area contributed by atoms with Gasteiger partial charge in [0, 0.05) is 27.8 Å². The van der Waals surface area contributed by atoms with Gasteiger partial charge in [-0.15, -0.1) is 0 Å². The van der Waals surface area contributed by atoms with Crippen LogP contribution < -0.4 is 16.0 Å². The molecule has 0 aromatic heterocycles. The second-order valence-corrected chi connectivity index (χ2v) is 7.85. The second kappa shape index (κ2) is 10.7. The predicted molar refractivity (Wildman–Crippen MR) is 128 cm³/mol. The maximum Gasteiger partial charge on any atom is 0.257 e. The summed E-state index contributed by atoms with van der Waals surface area (Å²) in [7, 11) is 0. The van der Waals surface area contributed by atoms with Gasteiger partial charge in [0.05, 0.1) is 0 Å². The van der Waals surface area contributed by atoms with Gasteiger partial charge in [0.15, 0.2) is 5.11 Å². The predicted octanol–water partition coefficient (Wildman–Crippen LogP) is 5.15.